The van der Waals surface area contributed by atoms with Crippen molar-refractivity contribution in [3.05, 3.63) is 60.1 Å². The predicted octanol–water partition coefficient (Wildman–Crippen LogP) is 3.76. The van der Waals surface area contributed by atoms with Crippen molar-refractivity contribution in [1.29, 1.82) is 0 Å². The molecule has 1 aliphatic rings. The first-order chi connectivity index (χ1) is 13.3. The summed E-state index contributed by atoms with van der Waals surface area (Å²) in [5, 5.41) is 2.70. The van der Waals surface area contributed by atoms with Gasteiger partial charge in [-0.25, -0.2) is 14.0 Å². The third-order valence-corrected chi connectivity index (χ3v) is 3.72. The molecule has 0 atom stereocenters. The van der Waals surface area contributed by atoms with Crippen molar-refractivity contribution in [1.82, 2.24) is 0 Å². The zero-order valence-corrected chi connectivity index (χ0v) is 15.4. The van der Waals surface area contributed by atoms with Crippen LogP contribution < -0.4 is 14.8 Å². The van der Waals surface area contributed by atoms with E-state index >= 15 is 0 Å². The lowest BCUT2D eigenvalue weighted by Gasteiger charge is -2.29. The van der Waals surface area contributed by atoms with Gasteiger partial charge in [-0.3, -0.25) is 0 Å². The molecule has 7 nitrogen and oxygen atoms in total. The number of carbonyl (C=O) groups is 2. The highest BCUT2D eigenvalue weighted by molar-refractivity contribution is 6.15. The summed E-state index contributed by atoms with van der Waals surface area (Å²) < 4.78 is 34.5. The molecule has 0 amide bonds. The van der Waals surface area contributed by atoms with E-state index in [9.17, 15) is 14.0 Å². The number of hydrogen-bond acceptors (Lipinski definition) is 7. The average molecular weight is 387 g/mol. The Balaban J connectivity index is 1.82. The molecule has 1 fully saturated rings. The molecular weight excluding hydrogens is 369 g/mol. The van der Waals surface area contributed by atoms with Gasteiger partial charge in [-0.2, -0.15) is 0 Å². The number of hydrogen-bond donors (Lipinski definition) is 1. The topological polar surface area (TPSA) is 83.1 Å². The van der Waals surface area contributed by atoms with Gasteiger partial charge in [-0.05, 0) is 36.4 Å². The quantitative estimate of drug-likeness (QED) is 0.475. The molecule has 0 aliphatic carbocycles. The van der Waals surface area contributed by atoms with Crippen molar-refractivity contribution in [2.45, 2.75) is 19.6 Å². The molecule has 0 radical (unpaired) electrons. The van der Waals surface area contributed by atoms with Gasteiger partial charge in [-0.1, -0.05) is 0 Å². The summed E-state index contributed by atoms with van der Waals surface area (Å²) in [6, 6.07) is 10.6. The molecule has 1 aliphatic heterocycles. The second kappa shape index (κ2) is 7.59. The van der Waals surface area contributed by atoms with Crippen LogP contribution in [0.25, 0.3) is 0 Å². The van der Waals surface area contributed by atoms with Crippen molar-refractivity contribution in [3.8, 4) is 17.2 Å². The number of halogens is 1. The lowest BCUT2D eigenvalue weighted by Crippen LogP contribution is -2.42. The number of cyclic esters (lactones) is 2. The lowest BCUT2D eigenvalue weighted by atomic mass is 10.2. The summed E-state index contributed by atoms with van der Waals surface area (Å²) in [6.45, 7) is 2.89. The van der Waals surface area contributed by atoms with Crippen LogP contribution in [0.15, 0.2) is 54.2 Å². The molecule has 0 spiro atoms. The summed E-state index contributed by atoms with van der Waals surface area (Å²) in [7, 11) is 1.55. The van der Waals surface area contributed by atoms with E-state index in [0.717, 1.165) is 6.20 Å². The molecule has 2 aromatic rings. The van der Waals surface area contributed by atoms with Crippen LogP contribution in [0.1, 0.15) is 13.8 Å². The summed E-state index contributed by atoms with van der Waals surface area (Å²) in [5.41, 5.74) is -0.146. The number of nitrogens with one attached hydrogen (secondary N) is 1. The number of anilines is 1. The van der Waals surface area contributed by atoms with Crippen molar-refractivity contribution in [2.24, 2.45) is 0 Å². The van der Waals surface area contributed by atoms with Gasteiger partial charge in [0.05, 0.1) is 12.8 Å². The van der Waals surface area contributed by atoms with Crippen LogP contribution >= 0.6 is 0 Å². The van der Waals surface area contributed by atoms with Crippen LogP contribution in [-0.4, -0.2) is 24.8 Å². The molecule has 0 saturated carbocycles. The molecule has 0 bridgehead atoms. The van der Waals surface area contributed by atoms with Gasteiger partial charge in [0, 0.05) is 26.1 Å². The summed E-state index contributed by atoms with van der Waals surface area (Å²) in [4.78, 5) is 24.0. The minimum absolute atomic E-state index is 0.203. The SMILES string of the molecule is COc1ccc(Oc2ccc(F)cc2NC=C2C(=O)OC(C)(C)OC2=O)cc1. The maximum Gasteiger partial charge on any atom is 0.350 e. The van der Waals surface area contributed by atoms with E-state index in [-0.39, 0.29) is 17.0 Å². The molecule has 1 saturated heterocycles. The first-order valence-corrected chi connectivity index (χ1v) is 8.32. The highest BCUT2D eigenvalue weighted by Gasteiger charge is 2.39. The monoisotopic (exact) mass is 387 g/mol. The van der Waals surface area contributed by atoms with Gasteiger partial charge in [-0.15, -0.1) is 0 Å². The minimum Gasteiger partial charge on any atom is -0.497 e. The molecule has 146 valence electrons. The third-order valence-electron chi connectivity index (χ3n) is 3.72. The fourth-order valence-corrected chi connectivity index (χ4v) is 2.40. The Labute approximate surface area is 160 Å². The van der Waals surface area contributed by atoms with E-state index in [1.165, 1.54) is 32.0 Å². The van der Waals surface area contributed by atoms with E-state index in [2.05, 4.69) is 5.32 Å². The van der Waals surface area contributed by atoms with Crippen molar-refractivity contribution in [3.63, 3.8) is 0 Å². The van der Waals surface area contributed by atoms with E-state index in [0.29, 0.717) is 11.5 Å². The number of rotatable bonds is 5. The Morgan fingerprint density at radius 2 is 1.61 bits per heavy atom. The summed E-state index contributed by atoms with van der Waals surface area (Å²) in [6.07, 6.45) is 1.09. The first kappa shape index (κ1) is 19.2. The van der Waals surface area contributed by atoms with E-state index in [4.69, 9.17) is 18.9 Å². The normalized spacial score (nSPS) is 15.4. The highest BCUT2D eigenvalue weighted by Crippen LogP contribution is 2.32. The Morgan fingerprint density at radius 1 is 1.00 bits per heavy atom. The molecule has 0 unspecified atom stereocenters. The van der Waals surface area contributed by atoms with Gasteiger partial charge in [0.2, 0.25) is 0 Å². The Kier molecular flexibility index (Phi) is 5.21. The van der Waals surface area contributed by atoms with Crippen LogP contribution in [-0.2, 0) is 19.1 Å². The molecule has 28 heavy (non-hydrogen) atoms. The third kappa shape index (κ3) is 4.40. The molecule has 1 heterocycles. The van der Waals surface area contributed by atoms with Gasteiger partial charge in [0.15, 0.2) is 11.3 Å². The Hall–Kier alpha value is -3.55. The molecular formula is C20H18FNO6. The number of esters is 2. The smallest absolute Gasteiger partial charge is 0.350 e. The van der Waals surface area contributed by atoms with Gasteiger partial charge < -0.3 is 24.3 Å². The van der Waals surface area contributed by atoms with E-state index in [1.54, 1.807) is 31.4 Å². The summed E-state index contributed by atoms with van der Waals surface area (Å²) >= 11 is 0. The highest BCUT2D eigenvalue weighted by atomic mass is 19.1. The number of methoxy groups -OCH3 is 1. The zero-order chi connectivity index (χ0) is 20.3. The van der Waals surface area contributed by atoms with Crippen LogP contribution in [0.4, 0.5) is 10.1 Å². The van der Waals surface area contributed by atoms with Crippen molar-refractivity contribution in [2.75, 3.05) is 12.4 Å². The lowest BCUT2D eigenvalue weighted by molar-refractivity contribution is -0.222. The second-order valence-corrected chi connectivity index (χ2v) is 6.30. The van der Waals surface area contributed by atoms with Gasteiger partial charge >= 0.3 is 11.9 Å². The summed E-state index contributed by atoms with van der Waals surface area (Å²) in [5.74, 6) is -2.13. The predicted molar refractivity (Wildman–Crippen MR) is 97.4 cm³/mol. The fraction of sp³-hybridized carbons (Fsp3) is 0.200. The first-order valence-electron chi connectivity index (χ1n) is 8.32. The van der Waals surface area contributed by atoms with Crippen LogP contribution in [0.5, 0.6) is 17.2 Å². The Morgan fingerprint density at radius 3 is 2.21 bits per heavy atom. The Bertz CT molecular complexity index is 914. The number of ether oxygens (including phenoxy) is 4. The molecule has 3 rings (SSSR count). The zero-order valence-electron chi connectivity index (χ0n) is 15.4. The van der Waals surface area contributed by atoms with E-state index < -0.39 is 23.5 Å². The van der Waals surface area contributed by atoms with E-state index in [1.807, 2.05) is 0 Å². The van der Waals surface area contributed by atoms with Gasteiger partial charge in [0.1, 0.15) is 17.3 Å². The molecule has 0 aromatic heterocycles. The molecule has 1 N–H and O–H groups in total. The largest absolute Gasteiger partial charge is 0.497 e. The average Bonchev–Trinajstić information content (AvgIpc) is 2.62. The van der Waals surface area contributed by atoms with Crippen molar-refractivity contribution >= 4 is 17.6 Å². The van der Waals surface area contributed by atoms with Crippen LogP contribution in [0.3, 0.4) is 0 Å². The minimum atomic E-state index is -1.34. The van der Waals surface area contributed by atoms with Crippen molar-refractivity contribution < 1.29 is 32.9 Å². The second-order valence-electron chi connectivity index (χ2n) is 6.30. The maximum absolute atomic E-state index is 13.7. The molecule has 2 aromatic carbocycles. The maximum atomic E-state index is 13.7. The molecule has 8 heteroatoms. The fourth-order valence-electron chi connectivity index (χ4n) is 2.40. The number of carbonyl (C=O) groups excluding carboxylic acids is 2. The standard InChI is InChI=1S/C20H18FNO6/c1-20(2)27-18(23)15(19(24)28-20)11-22-16-10-12(21)4-9-17(16)26-14-7-5-13(25-3)6-8-14/h4-11,22H,1-3H3. The van der Waals surface area contributed by atoms with Gasteiger partial charge in [0.25, 0.3) is 5.79 Å². The number of benzene rings is 2. The van der Waals surface area contributed by atoms with Crippen LogP contribution in [0.2, 0.25) is 0 Å². The van der Waals surface area contributed by atoms with Crippen LogP contribution in [0, 0.1) is 5.82 Å².